The fourth-order valence-corrected chi connectivity index (χ4v) is 1.66. The Hall–Kier alpha value is -2.49. The zero-order valence-electron chi connectivity index (χ0n) is 11.4. The number of rotatable bonds is 3. The molecule has 1 amide bonds. The lowest BCUT2D eigenvalue weighted by molar-refractivity contribution is 0.0955. The zero-order chi connectivity index (χ0) is 14.5. The normalized spacial score (nSPS) is 11.2. The summed E-state index contributed by atoms with van der Waals surface area (Å²) >= 11 is 0. The predicted molar refractivity (Wildman–Crippen MR) is 77.3 cm³/mol. The fraction of sp³-hybridized carbons (Fsp3) is 0.125. The Morgan fingerprint density at radius 3 is 2.15 bits per heavy atom. The highest BCUT2D eigenvalue weighted by atomic mass is 19.1. The van der Waals surface area contributed by atoms with E-state index in [1.165, 1.54) is 24.3 Å². The number of halogens is 1. The first kappa shape index (κ1) is 13.9. The van der Waals surface area contributed by atoms with Gasteiger partial charge in [0.05, 0.1) is 5.71 Å². The van der Waals surface area contributed by atoms with Crippen LogP contribution >= 0.6 is 0 Å². The molecule has 20 heavy (non-hydrogen) atoms. The van der Waals surface area contributed by atoms with Gasteiger partial charge in [-0.25, -0.2) is 9.82 Å². The summed E-state index contributed by atoms with van der Waals surface area (Å²) in [4.78, 5) is 11.8. The molecule has 4 heteroatoms. The van der Waals surface area contributed by atoms with Crippen LogP contribution in [0.15, 0.2) is 53.6 Å². The molecule has 0 aromatic heterocycles. The average Bonchev–Trinajstić information content (AvgIpc) is 2.46. The van der Waals surface area contributed by atoms with Crippen LogP contribution in [0.4, 0.5) is 4.39 Å². The van der Waals surface area contributed by atoms with E-state index >= 15 is 0 Å². The van der Waals surface area contributed by atoms with Crippen molar-refractivity contribution in [3.63, 3.8) is 0 Å². The number of carbonyl (C=O) groups excluding carboxylic acids is 1. The lowest BCUT2D eigenvalue weighted by Crippen LogP contribution is -2.19. The van der Waals surface area contributed by atoms with Crippen molar-refractivity contribution < 1.29 is 9.18 Å². The highest BCUT2D eigenvalue weighted by Gasteiger charge is 2.04. The first-order chi connectivity index (χ1) is 9.56. The molecule has 102 valence electrons. The van der Waals surface area contributed by atoms with Gasteiger partial charge >= 0.3 is 0 Å². The lowest BCUT2D eigenvalue weighted by atomic mass is 10.1. The molecule has 0 bridgehead atoms. The topological polar surface area (TPSA) is 41.5 Å². The third-order valence-corrected chi connectivity index (χ3v) is 2.90. The van der Waals surface area contributed by atoms with Crippen LogP contribution in [0.25, 0.3) is 0 Å². The third kappa shape index (κ3) is 3.51. The molecule has 0 aliphatic heterocycles. The second kappa shape index (κ2) is 6.10. The SMILES string of the molecule is CC(=NNC(=O)c1ccc(F)cc1)c1ccc(C)cc1. The Labute approximate surface area is 117 Å². The van der Waals surface area contributed by atoms with E-state index in [4.69, 9.17) is 0 Å². The molecule has 0 atom stereocenters. The van der Waals surface area contributed by atoms with E-state index < -0.39 is 0 Å². The summed E-state index contributed by atoms with van der Waals surface area (Å²) in [5, 5.41) is 4.05. The molecule has 0 heterocycles. The average molecular weight is 270 g/mol. The Bertz CT molecular complexity index is 631. The molecule has 1 N–H and O–H groups in total. The van der Waals surface area contributed by atoms with E-state index in [0.29, 0.717) is 11.3 Å². The van der Waals surface area contributed by atoms with Crippen molar-refractivity contribution in [1.82, 2.24) is 5.43 Å². The Morgan fingerprint density at radius 1 is 1.00 bits per heavy atom. The number of aryl methyl sites for hydroxylation is 1. The van der Waals surface area contributed by atoms with Gasteiger partial charge in [-0.2, -0.15) is 5.10 Å². The van der Waals surface area contributed by atoms with Crippen molar-refractivity contribution in [2.45, 2.75) is 13.8 Å². The predicted octanol–water partition coefficient (Wildman–Crippen LogP) is 3.29. The maximum absolute atomic E-state index is 12.8. The molecule has 0 radical (unpaired) electrons. The van der Waals surface area contributed by atoms with Crippen molar-refractivity contribution in [3.8, 4) is 0 Å². The summed E-state index contributed by atoms with van der Waals surface area (Å²) < 4.78 is 12.8. The number of hydrogen-bond donors (Lipinski definition) is 1. The minimum Gasteiger partial charge on any atom is -0.267 e. The molecular formula is C16H15FN2O. The van der Waals surface area contributed by atoms with Crippen LogP contribution < -0.4 is 5.43 Å². The molecule has 0 aliphatic carbocycles. The molecule has 2 rings (SSSR count). The number of amides is 1. The lowest BCUT2D eigenvalue weighted by Gasteiger charge is -2.03. The molecular weight excluding hydrogens is 255 g/mol. The maximum Gasteiger partial charge on any atom is 0.271 e. The molecule has 0 saturated carbocycles. The van der Waals surface area contributed by atoms with Gasteiger partial charge in [-0.15, -0.1) is 0 Å². The van der Waals surface area contributed by atoms with Crippen LogP contribution in [0.5, 0.6) is 0 Å². The number of hydrogen-bond acceptors (Lipinski definition) is 2. The third-order valence-electron chi connectivity index (χ3n) is 2.90. The van der Waals surface area contributed by atoms with Crippen molar-refractivity contribution in [2.75, 3.05) is 0 Å². The van der Waals surface area contributed by atoms with Crippen molar-refractivity contribution in [2.24, 2.45) is 5.10 Å². The molecule has 0 fully saturated rings. The van der Waals surface area contributed by atoms with Crippen LogP contribution in [0.3, 0.4) is 0 Å². The Balaban J connectivity index is 2.06. The minimum absolute atomic E-state index is 0.364. The zero-order valence-corrected chi connectivity index (χ0v) is 11.4. The van der Waals surface area contributed by atoms with Gasteiger partial charge in [0.2, 0.25) is 0 Å². The number of carbonyl (C=O) groups is 1. The second-order valence-electron chi connectivity index (χ2n) is 4.51. The monoisotopic (exact) mass is 270 g/mol. The Kier molecular flexibility index (Phi) is 4.25. The van der Waals surface area contributed by atoms with E-state index in [9.17, 15) is 9.18 Å². The first-order valence-corrected chi connectivity index (χ1v) is 6.23. The van der Waals surface area contributed by atoms with E-state index in [1.54, 1.807) is 0 Å². The summed E-state index contributed by atoms with van der Waals surface area (Å²) in [5.41, 5.74) is 5.64. The quantitative estimate of drug-likeness (QED) is 0.675. The molecule has 0 saturated heterocycles. The summed E-state index contributed by atoms with van der Waals surface area (Å²) in [7, 11) is 0. The van der Waals surface area contributed by atoms with Gasteiger partial charge in [-0.1, -0.05) is 29.8 Å². The van der Waals surface area contributed by atoms with E-state index in [-0.39, 0.29) is 11.7 Å². The highest BCUT2D eigenvalue weighted by Crippen LogP contribution is 2.05. The van der Waals surface area contributed by atoms with Crippen molar-refractivity contribution in [3.05, 3.63) is 71.0 Å². The van der Waals surface area contributed by atoms with Gasteiger partial charge in [0.25, 0.3) is 5.91 Å². The van der Waals surface area contributed by atoms with Gasteiger partial charge in [-0.05, 0) is 43.7 Å². The smallest absolute Gasteiger partial charge is 0.267 e. The molecule has 0 spiro atoms. The van der Waals surface area contributed by atoms with E-state index in [2.05, 4.69) is 10.5 Å². The maximum atomic E-state index is 12.8. The first-order valence-electron chi connectivity index (χ1n) is 6.23. The van der Waals surface area contributed by atoms with Crippen molar-refractivity contribution in [1.29, 1.82) is 0 Å². The summed E-state index contributed by atoms with van der Waals surface area (Å²) in [5.74, 6) is -0.739. The number of hydrazone groups is 1. The summed E-state index contributed by atoms with van der Waals surface area (Å²) in [6.07, 6.45) is 0. The molecule has 2 aromatic rings. The van der Waals surface area contributed by atoms with Crippen LogP contribution in [0.1, 0.15) is 28.4 Å². The molecule has 0 aliphatic rings. The van der Waals surface area contributed by atoms with E-state index in [0.717, 1.165) is 11.1 Å². The number of nitrogens with zero attached hydrogens (tertiary/aromatic N) is 1. The van der Waals surface area contributed by atoms with Gasteiger partial charge < -0.3 is 0 Å². The van der Waals surface area contributed by atoms with Gasteiger partial charge in [0, 0.05) is 5.56 Å². The molecule has 2 aromatic carbocycles. The standard InChI is InChI=1S/C16H15FN2O/c1-11-3-5-13(6-4-11)12(2)18-19-16(20)14-7-9-15(17)10-8-14/h3-10H,1-2H3,(H,19,20). The van der Waals surface area contributed by atoms with Gasteiger partial charge in [0.1, 0.15) is 5.82 Å². The minimum atomic E-state index is -0.374. The van der Waals surface area contributed by atoms with Gasteiger partial charge in [-0.3, -0.25) is 4.79 Å². The second-order valence-corrected chi connectivity index (χ2v) is 4.51. The highest BCUT2D eigenvalue weighted by molar-refractivity contribution is 6.00. The fourth-order valence-electron chi connectivity index (χ4n) is 1.66. The van der Waals surface area contributed by atoms with Crippen LogP contribution in [0.2, 0.25) is 0 Å². The summed E-state index contributed by atoms with van der Waals surface area (Å²) in [6.45, 7) is 3.82. The Morgan fingerprint density at radius 2 is 1.55 bits per heavy atom. The molecule has 0 unspecified atom stereocenters. The molecule has 3 nitrogen and oxygen atoms in total. The number of benzene rings is 2. The van der Waals surface area contributed by atoms with Gasteiger partial charge in [0.15, 0.2) is 0 Å². The summed E-state index contributed by atoms with van der Waals surface area (Å²) in [6, 6.07) is 13.2. The van der Waals surface area contributed by atoms with Crippen LogP contribution in [-0.4, -0.2) is 11.6 Å². The van der Waals surface area contributed by atoms with Crippen LogP contribution in [0, 0.1) is 12.7 Å². The van der Waals surface area contributed by atoms with Crippen LogP contribution in [-0.2, 0) is 0 Å². The van der Waals surface area contributed by atoms with E-state index in [1.807, 2.05) is 38.1 Å². The number of nitrogens with one attached hydrogen (secondary N) is 1. The largest absolute Gasteiger partial charge is 0.271 e. The van der Waals surface area contributed by atoms with Crippen molar-refractivity contribution >= 4 is 11.6 Å².